The number of hydrogen-bond donors (Lipinski definition) is 2. The highest BCUT2D eigenvalue weighted by Gasteiger charge is 2.26. The normalized spacial score (nSPS) is 21.4. The lowest BCUT2D eigenvalue weighted by atomic mass is 10.1. The Hall–Kier alpha value is -1.70. The van der Waals surface area contributed by atoms with E-state index < -0.39 is 39.0 Å². The molecule has 1 unspecified atom stereocenters. The zero-order chi connectivity index (χ0) is 14.9. The Labute approximate surface area is 114 Å². The van der Waals surface area contributed by atoms with E-state index >= 15 is 0 Å². The molecule has 2 rings (SSSR count). The van der Waals surface area contributed by atoms with E-state index in [1.807, 2.05) is 0 Å². The number of carboxylic acids is 1. The maximum Gasteiger partial charge on any atom is 0.338 e. The average Bonchev–Trinajstić information content (AvgIpc) is 2.31. The molecular weight excluding hydrogens is 292 g/mol. The lowest BCUT2D eigenvalue weighted by Crippen LogP contribution is -2.35. The van der Waals surface area contributed by atoms with E-state index in [9.17, 15) is 22.0 Å². The quantitative estimate of drug-likeness (QED) is 0.887. The number of nitrogens with one attached hydrogen (secondary N) is 1. The third-order valence-electron chi connectivity index (χ3n) is 3.11. The highest BCUT2D eigenvalue weighted by Crippen LogP contribution is 2.23. The average molecular weight is 305 g/mol. The van der Waals surface area contributed by atoms with Gasteiger partial charge in [0.15, 0.2) is 9.84 Å². The smallest absolute Gasteiger partial charge is 0.338 e. The molecule has 1 fully saturated rings. The van der Waals surface area contributed by atoms with E-state index in [4.69, 9.17) is 5.11 Å². The predicted octanol–water partition coefficient (Wildman–Crippen LogP) is 1.65. The van der Waals surface area contributed by atoms with Gasteiger partial charge in [-0.3, -0.25) is 0 Å². The predicted molar refractivity (Wildman–Crippen MR) is 68.6 cm³/mol. The molecule has 0 radical (unpaired) electrons. The van der Waals surface area contributed by atoms with E-state index in [2.05, 4.69) is 5.32 Å². The molecular formula is C12H13F2NO4S. The summed E-state index contributed by atoms with van der Waals surface area (Å²) < 4.78 is 49.8. The van der Waals surface area contributed by atoms with Gasteiger partial charge in [0.05, 0.1) is 22.8 Å². The lowest BCUT2D eigenvalue weighted by molar-refractivity contribution is 0.0692. The first kappa shape index (κ1) is 14.7. The maximum atomic E-state index is 13.6. The number of rotatable bonds is 3. The zero-order valence-electron chi connectivity index (χ0n) is 10.4. The van der Waals surface area contributed by atoms with Crippen LogP contribution in [-0.4, -0.2) is 37.0 Å². The molecule has 1 aromatic carbocycles. The largest absolute Gasteiger partial charge is 0.478 e. The Morgan fingerprint density at radius 2 is 2.00 bits per heavy atom. The first-order valence-corrected chi connectivity index (χ1v) is 7.80. The molecule has 0 amide bonds. The van der Waals surface area contributed by atoms with Crippen molar-refractivity contribution in [1.82, 2.24) is 0 Å². The number of sulfone groups is 1. The fraction of sp³-hybridized carbons (Fsp3) is 0.417. The molecule has 1 aliphatic rings. The Morgan fingerprint density at radius 3 is 2.60 bits per heavy atom. The van der Waals surface area contributed by atoms with Gasteiger partial charge in [0.1, 0.15) is 11.6 Å². The fourth-order valence-corrected chi connectivity index (χ4v) is 3.82. The van der Waals surface area contributed by atoms with Crippen molar-refractivity contribution in [2.75, 3.05) is 16.8 Å². The molecule has 20 heavy (non-hydrogen) atoms. The third kappa shape index (κ3) is 3.24. The van der Waals surface area contributed by atoms with Crippen LogP contribution < -0.4 is 5.32 Å². The second kappa shape index (κ2) is 5.35. The highest BCUT2D eigenvalue weighted by molar-refractivity contribution is 7.91. The zero-order valence-corrected chi connectivity index (χ0v) is 11.2. The van der Waals surface area contributed by atoms with Crippen molar-refractivity contribution in [3.05, 3.63) is 29.3 Å². The number of halogens is 2. The molecule has 110 valence electrons. The van der Waals surface area contributed by atoms with Crippen molar-refractivity contribution in [2.45, 2.75) is 18.9 Å². The fourth-order valence-electron chi connectivity index (χ4n) is 2.18. The summed E-state index contributed by atoms with van der Waals surface area (Å²) in [6, 6.07) is 0.813. The Bertz CT molecular complexity index is 645. The van der Waals surface area contributed by atoms with Crippen molar-refractivity contribution in [3.8, 4) is 0 Å². The Kier molecular flexibility index (Phi) is 3.94. The van der Waals surface area contributed by atoms with Crippen LogP contribution in [-0.2, 0) is 9.84 Å². The van der Waals surface area contributed by atoms with Crippen LogP contribution in [0.3, 0.4) is 0 Å². The van der Waals surface area contributed by atoms with Gasteiger partial charge in [-0.2, -0.15) is 0 Å². The topological polar surface area (TPSA) is 83.5 Å². The van der Waals surface area contributed by atoms with Crippen LogP contribution in [0, 0.1) is 11.6 Å². The van der Waals surface area contributed by atoms with Gasteiger partial charge in [-0.25, -0.2) is 22.0 Å². The number of anilines is 1. The molecule has 0 aromatic heterocycles. The summed E-state index contributed by atoms with van der Waals surface area (Å²) in [6.07, 6.45) is 0.979. The van der Waals surface area contributed by atoms with E-state index in [1.165, 1.54) is 0 Å². The van der Waals surface area contributed by atoms with Gasteiger partial charge in [-0.05, 0) is 18.9 Å². The third-order valence-corrected chi connectivity index (χ3v) is 4.93. The monoisotopic (exact) mass is 305 g/mol. The number of benzene rings is 1. The molecule has 1 heterocycles. The summed E-state index contributed by atoms with van der Waals surface area (Å²) >= 11 is 0. The highest BCUT2D eigenvalue weighted by atomic mass is 32.2. The first-order valence-electron chi connectivity index (χ1n) is 5.98. The summed E-state index contributed by atoms with van der Waals surface area (Å²) in [6.45, 7) is 0. The minimum absolute atomic E-state index is 0.0947. The standard InChI is InChI=1S/C12H13F2NO4S/c13-9-5-10(14)11(4-8(9)12(16)17)15-7-2-1-3-20(18,19)6-7/h4-5,7,15H,1-3,6H2,(H,16,17). The van der Waals surface area contributed by atoms with Crippen molar-refractivity contribution in [2.24, 2.45) is 0 Å². The summed E-state index contributed by atoms with van der Waals surface area (Å²) in [5.41, 5.74) is -0.863. The minimum Gasteiger partial charge on any atom is -0.478 e. The van der Waals surface area contributed by atoms with E-state index in [0.717, 1.165) is 6.07 Å². The van der Waals surface area contributed by atoms with Crippen LogP contribution in [0.5, 0.6) is 0 Å². The van der Waals surface area contributed by atoms with Gasteiger partial charge in [-0.1, -0.05) is 0 Å². The van der Waals surface area contributed by atoms with Crippen molar-refractivity contribution in [3.63, 3.8) is 0 Å². The number of carboxylic acid groups (broad SMARTS) is 1. The summed E-state index contributed by atoms with van der Waals surface area (Å²) in [4.78, 5) is 10.8. The molecule has 0 aliphatic carbocycles. The molecule has 0 spiro atoms. The van der Waals surface area contributed by atoms with Crippen LogP contribution >= 0.6 is 0 Å². The van der Waals surface area contributed by atoms with Gasteiger partial charge < -0.3 is 10.4 Å². The number of carbonyl (C=O) groups is 1. The van der Waals surface area contributed by atoms with Crippen molar-refractivity contribution in [1.29, 1.82) is 0 Å². The number of aromatic carboxylic acids is 1. The molecule has 1 saturated heterocycles. The van der Waals surface area contributed by atoms with Gasteiger partial charge in [-0.15, -0.1) is 0 Å². The molecule has 0 bridgehead atoms. The molecule has 2 N–H and O–H groups in total. The number of hydrogen-bond acceptors (Lipinski definition) is 4. The van der Waals surface area contributed by atoms with E-state index in [0.29, 0.717) is 18.9 Å². The molecule has 0 saturated carbocycles. The van der Waals surface area contributed by atoms with Crippen LogP contribution in [0.4, 0.5) is 14.5 Å². The molecule has 5 nitrogen and oxygen atoms in total. The van der Waals surface area contributed by atoms with Crippen molar-refractivity contribution >= 4 is 21.5 Å². The maximum absolute atomic E-state index is 13.6. The van der Waals surface area contributed by atoms with Gasteiger partial charge in [0.25, 0.3) is 0 Å². The SMILES string of the molecule is O=C(O)c1cc(NC2CCCS(=O)(=O)C2)c(F)cc1F. The first-order chi connectivity index (χ1) is 9.28. The van der Waals surface area contributed by atoms with Gasteiger partial charge in [0.2, 0.25) is 0 Å². The van der Waals surface area contributed by atoms with E-state index in [1.54, 1.807) is 0 Å². The summed E-state index contributed by atoms with van der Waals surface area (Å²) in [5.74, 6) is -3.68. The Balaban J connectivity index is 2.25. The second-order valence-electron chi connectivity index (χ2n) is 4.71. The van der Waals surface area contributed by atoms with Crippen molar-refractivity contribution < 1.29 is 27.1 Å². The van der Waals surface area contributed by atoms with Crippen LogP contribution in [0.15, 0.2) is 12.1 Å². The van der Waals surface area contributed by atoms with Gasteiger partial charge in [0, 0.05) is 12.1 Å². The van der Waals surface area contributed by atoms with Crippen LogP contribution in [0.1, 0.15) is 23.2 Å². The summed E-state index contributed by atoms with van der Waals surface area (Å²) in [7, 11) is -3.17. The summed E-state index contributed by atoms with van der Waals surface area (Å²) in [5, 5.41) is 11.4. The second-order valence-corrected chi connectivity index (χ2v) is 6.94. The Morgan fingerprint density at radius 1 is 1.30 bits per heavy atom. The molecule has 1 aromatic rings. The van der Waals surface area contributed by atoms with Crippen LogP contribution in [0.25, 0.3) is 0 Å². The molecule has 1 aliphatic heterocycles. The molecule has 1 atom stereocenters. The minimum atomic E-state index is -3.17. The van der Waals surface area contributed by atoms with Crippen LogP contribution in [0.2, 0.25) is 0 Å². The van der Waals surface area contributed by atoms with Gasteiger partial charge >= 0.3 is 5.97 Å². The van der Waals surface area contributed by atoms with E-state index in [-0.39, 0.29) is 17.2 Å². The molecule has 8 heteroatoms. The lowest BCUT2D eigenvalue weighted by Gasteiger charge is -2.24.